The smallest absolute Gasteiger partial charge is 0.249 e. The Hall–Kier alpha value is -0.400. The van der Waals surface area contributed by atoms with Crippen molar-refractivity contribution in [2.45, 2.75) is 51.2 Å². The van der Waals surface area contributed by atoms with Crippen molar-refractivity contribution in [2.24, 2.45) is 5.73 Å². The van der Waals surface area contributed by atoms with Crippen LogP contribution in [0.5, 0.6) is 0 Å². The summed E-state index contributed by atoms with van der Waals surface area (Å²) in [7, 11) is 0. The van der Waals surface area contributed by atoms with Crippen LogP contribution in [-0.2, 0) is 16.0 Å². The molecule has 2 rings (SSSR count). The number of rotatable bonds is 7. The van der Waals surface area contributed by atoms with Gasteiger partial charge in [-0.25, -0.2) is 4.98 Å². The molecule has 1 amide bonds. The molecule has 0 unspecified atom stereocenters. The van der Waals surface area contributed by atoms with Crippen molar-refractivity contribution in [3.63, 3.8) is 0 Å². The normalized spacial score (nSPS) is 20.1. The second-order valence-electron chi connectivity index (χ2n) is 5.19. The van der Waals surface area contributed by atoms with Crippen LogP contribution >= 0.6 is 36.2 Å². The van der Waals surface area contributed by atoms with Crippen molar-refractivity contribution in [3.05, 3.63) is 16.1 Å². The SMILES string of the molecule is Cc1csc(CCCCNC(=O)[C@@H]2CC[C@H](CN)O2)n1.Cl.Cl. The Bertz CT molecular complexity index is 445. The highest BCUT2D eigenvalue weighted by atomic mass is 35.5. The minimum Gasteiger partial charge on any atom is -0.364 e. The van der Waals surface area contributed by atoms with Crippen LogP contribution in [-0.4, -0.2) is 36.2 Å². The van der Waals surface area contributed by atoms with Crippen LogP contribution in [0, 0.1) is 6.92 Å². The molecule has 1 aliphatic heterocycles. The summed E-state index contributed by atoms with van der Waals surface area (Å²) in [6.07, 6.45) is 4.43. The number of unbranched alkanes of at least 4 members (excludes halogenated alkanes) is 1. The van der Waals surface area contributed by atoms with Crippen molar-refractivity contribution >= 4 is 42.1 Å². The monoisotopic (exact) mass is 369 g/mol. The second-order valence-corrected chi connectivity index (χ2v) is 6.13. The molecule has 0 spiro atoms. The lowest BCUT2D eigenvalue weighted by molar-refractivity contribution is -0.131. The summed E-state index contributed by atoms with van der Waals surface area (Å²) < 4.78 is 5.56. The van der Waals surface area contributed by atoms with Gasteiger partial charge >= 0.3 is 0 Å². The van der Waals surface area contributed by atoms with Gasteiger partial charge in [-0.3, -0.25) is 4.79 Å². The Morgan fingerprint density at radius 3 is 2.82 bits per heavy atom. The van der Waals surface area contributed by atoms with Crippen LogP contribution in [0.15, 0.2) is 5.38 Å². The molecule has 1 aromatic rings. The first-order valence-electron chi connectivity index (χ1n) is 7.23. The molecule has 0 aromatic carbocycles. The lowest BCUT2D eigenvalue weighted by atomic mass is 10.2. The highest BCUT2D eigenvalue weighted by Crippen LogP contribution is 2.18. The second kappa shape index (κ2) is 11.2. The quantitative estimate of drug-likeness (QED) is 0.722. The standard InChI is InChI=1S/C14H23N3O2S.2ClH/c1-10-9-20-13(17-10)4-2-3-7-16-14(18)12-6-5-11(8-15)19-12;;/h9,11-12H,2-8,15H2,1H3,(H,16,18);2*1H/t11-,12+;;/m1../s1. The minimum absolute atomic E-state index is 0. The van der Waals surface area contributed by atoms with Gasteiger partial charge in [0.15, 0.2) is 0 Å². The van der Waals surface area contributed by atoms with E-state index in [0.29, 0.717) is 13.1 Å². The Kier molecular flexibility index (Phi) is 11.0. The Morgan fingerprint density at radius 2 is 2.23 bits per heavy atom. The van der Waals surface area contributed by atoms with Crippen molar-refractivity contribution in [3.8, 4) is 0 Å². The molecule has 1 aromatic heterocycles. The van der Waals surface area contributed by atoms with Crippen LogP contribution in [0.1, 0.15) is 36.4 Å². The number of nitrogens with two attached hydrogens (primary N) is 1. The summed E-state index contributed by atoms with van der Waals surface area (Å²) in [6.45, 7) is 3.21. The number of aryl methyl sites for hydroxylation is 2. The number of nitrogens with one attached hydrogen (secondary N) is 1. The molecule has 1 aliphatic rings. The average Bonchev–Trinajstić information content (AvgIpc) is 3.07. The van der Waals surface area contributed by atoms with Crippen LogP contribution in [0.25, 0.3) is 0 Å². The molecular weight excluding hydrogens is 345 g/mol. The molecule has 128 valence electrons. The number of thiazole rings is 1. The third-order valence-corrected chi connectivity index (χ3v) is 4.47. The molecular formula is C14H25Cl2N3O2S. The van der Waals surface area contributed by atoms with Gasteiger partial charge in [0.05, 0.1) is 11.1 Å². The average molecular weight is 370 g/mol. The number of aromatic nitrogens is 1. The highest BCUT2D eigenvalue weighted by molar-refractivity contribution is 7.09. The van der Waals surface area contributed by atoms with Gasteiger partial charge in [0.1, 0.15) is 6.10 Å². The maximum Gasteiger partial charge on any atom is 0.249 e. The zero-order valence-corrected chi connectivity index (χ0v) is 15.2. The topological polar surface area (TPSA) is 77.2 Å². The van der Waals surface area contributed by atoms with E-state index in [4.69, 9.17) is 10.5 Å². The molecule has 22 heavy (non-hydrogen) atoms. The van der Waals surface area contributed by atoms with Crippen LogP contribution in [0.2, 0.25) is 0 Å². The number of hydrogen-bond acceptors (Lipinski definition) is 5. The van der Waals surface area contributed by atoms with Crippen molar-refractivity contribution < 1.29 is 9.53 Å². The van der Waals surface area contributed by atoms with E-state index in [2.05, 4.69) is 15.7 Å². The zero-order valence-electron chi connectivity index (χ0n) is 12.7. The van der Waals surface area contributed by atoms with Crippen LogP contribution in [0.4, 0.5) is 0 Å². The fourth-order valence-electron chi connectivity index (χ4n) is 2.32. The summed E-state index contributed by atoms with van der Waals surface area (Å²) in [6, 6.07) is 0. The van der Waals surface area contributed by atoms with E-state index in [0.717, 1.165) is 37.8 Å². The highest BCUT2D eigenvalue weighted by Gasteiger charge is 2.29. The van der Waals surface area contributed by atoms with Crippen molar-refractivity contribution in [1.29, 1.82) is 0 Å². The largest absolute Gasteiger partial charge is 0.364 e. The predicted molar refractivity (Wildman–Crippen MR) is 94.2 cm³/mol. The van der Waals surface area contributed by atoms with Gasteiger partial charge in [0, 0.05) is 24.2 Å². The van der Waals surface area contributed by atoms with E-state index in [9.17, 15) is 4.79 Å². The number of carbonyl (C=O) groups is 1. The van der Waals surface area contributed by atoms with Crippen molar-refractivity contribution in [1.82, 2.24) is 10.3 Å². The van der Waals surface area contributed by atoms with E-state index in [-0.39, 0.29) is 42.9 Å². The van der Waals surface area contributed by atoms with Crippen LogP contribution < -0.4 is 11.1 Å². The molecule has 2 atom stereocenters. The fourth-order valence-corrected chi connectivity index (χ4v) is 3.13. The molecule has 1 saturated heterocycles. The van der Waals surface area contributed by atoms with Gasteiger partial charge in [-0.15, -0.1) is 36.2 Å². The Labute approximate surface area is 148 Å². The summed E-state index contributed by atoms with van der Waals surface area (Å²) in [5.74, 6) is 0.00560. The lowest BCUT2D eigenvalue weighted by Crippen LogP contribution is -2.36. The molecule has 0 aliphatic carbocycles. The maximum absolute atomic E-state index is 11.9. The van der Waals surface area contributed by atoms with Crippen molar-refractivity contribution in [2.75, 3.05) is 13.1 Å². The van der Waals surface area contributed by atoms with Gasteiger partial charge in [0.25, 0.3) is 0 Å². The number of hydrogen-bond donors (Lipinski definition) is 2. The number of ether oxygens (including phenoxy) is 1. The molecule has 0 bridgehead atoms. The maximum atomic E-state index is 11.9. The van der Waals surface area contributed by atoms with Crippen LogP contribution in [0.3, 0.4) is 0 Å². The van der Waals surface area contributed by atoms with Gasteiger partial charge in [-0.05, 0) is 39.0 Å². The lowest BCUT2D eigenvalue weighted by Gasteiger charge is -2.12. The fraction of sp³-hybridized carbons (Fsp3) is 0.714. The number of amides is 1. The molecule has 2 heterocycles. The molecule has 8 heteroatoms. The van der Waals surface area contributed by atoms with E-state index in [1.54, 1.807) is 11.3 Å². The first kappa shape index (κ1) is 21.6. The van der Waals surface area contributed by atoms with Gasteiger partial charge in [-0.1, -0.05) is 0 Å². The van der Waals surface area contributed by atoms with E-state index >= 15 is 0 Å². The summed E-state index contributed by atoms with van der Waals surface area (Å²) >= 11 is 1.71. The first-order valence-corrected chi connectivity index (χ1v) is 8.11. The molecule has 0 radical (unpaired) electrons. The number of halogens is 2. The predicted octanol–water partition coefficient (Wildman–Crippen LogP) is 2.24. The minimum atomic E-state index is -0.301. The first-order chi connectivity index (χ1) is 9.69. The van der Waals surface area contributed by atoms with E-state index < -0.39 is 0 Å². The van der Waals surface area contributed by atoms with Gasteiger partial charge in [0.2, 0.25) is 5.91 Å². The molecule has 3 N–H and O–H groups in total. The Balaban J connectivity index is 0.00000220. The molecule has 5 nitrogen and oxygen atoms in total. The summed E-state index contributed by atoms with van der Waals surface area (Å²) in [5, 5.41) is 6.19. The molecule has 0 saturated carbocycles. The number of nitrogens with zero attached hydrogens (tertiary/aromatic N) is 1. The third kappa shape index (κ3) is 6.79. The Morgan fingerprint density at radius 1 is 1.45 bits per heavy atom. The van der Waals surface area contributed by atoms with Gasteiger partial charge in [-0.2, -0.15) is 0 Å². The summed E-state index contributed by atoms with van der Waals surface area (Å²) in [4.78, 5) is 16.3. The zero-order chi connectivity index (χ0) is 14.4. The molecule has 1 fully saturated rings. The van der Waals surface area contributed by atoms with E-state index in [1.165, 1.54) is 5.01 Å². The third-order valence-electron chi connectivity index (χ3n) is 3.45. The summed E-state index contributed by atoms with van der Waals surface area (Å²) in [5.41, 5.74) is 6.62. The van der Waals surface area contributed by atoms with E-state index in [1.807, 2.05) is 6.92 Å². The number of carbonyl (C=O) groups excluding carboxylic acids is 1. The van der Waals surface area contributed by atoms with Gasteiger partial charge < -0.3 is 15.8 Å².